The van der Waals surface area contributed by atoms with Crippen LogP contribution >= 0.6 is 0 Å². The first kappa shape index (κ1) is 12.1. The number of para-hydroxylation sites is 1. The van der Waals surface area contributed by atoms with Crippen molar-refractivity contribution in [3.8, 4) is 0 Å². The van der Waals surface area contributed by atoms with E-state index in [0.717, 1.165) is 17.6 Å². The SMILES string of the molecule is CCC(C)C(NN)c1nn(C)c2ccccc12. The Balaban J connectivity index is 2.54. The van der Waals surface area contributed by atoms with Gasteiger partial charge in [-0.3, -0.25) is 16.0 Å². The molecule has 0 saturated carbocycles. The van der Waals surface area contributed by atoms with E-state index in [4.69, 9.17) is 5.84 Å². The van der Waals surface area contributed by atoms with Crippen LogP contribution in [-0.2, 0) is 7.05 Å². The largest absolute Gasteiger partial charge is 0.271 e. The van der Waals surface area contributed by atoms with Gasteiger partial charge in [-0.15, -0.1) is 0 Å². The zero-order valence-electron chi connectivity index (χ0n) is 10.6. The predicted octanol–water partition coefficient (Wildman–Crippen LogP) is 2.12. The summed E-state index contributed by atoms with van der Waals surface area (Å²) >= 11 is 0. The van der Waals surface area contributed by atoms with Crippen LogP contribution in [0.15, 0.2) is 24.3 Å². The van der Waals surface area contributed by atoms with E-state index in [9.17, 15) is 0 Å². The lowest BCUT2D eigenvalue weighted by Crippen LogP contribution is -2.32. The predicted molar refractivity (Wildman–Crippen MR) is 70.2 cm³/mol. The summed E-state index contributed by atoms with van der Waals surface area (Å²) in [7, 11) is 1.97. The molecule has 2 aromatic rings. The number of hydrogen-bond acceptors (Lipinski definition) is 3. The lowest BCUT2D eigenvalue weighted by atomic mass is 9.95. The van der Waals surface area contributed by atoms with Crippen LogP contribution in [-0.4, -0.2) is 9.78 Å². The van der Waals surface area contributed by atoms with Crippen molar-refractivity contribution in [1.29, 1.82) is 0 Å². The second kappa shape index (κ2) is 4.85. The van der Waals surface area contributed by atoms with Crippen molar-refractivity contribution >= 4 is 10.9 Å². The van der Waals surface area contributed by atoms with Gasteiger partial charge in [-0.2, -0.15) is 5.10 Å². The Morgan fingerprint density at radius 3 is 2.76 bits per heavy atom. The highest BCUT2D eigenvalue weighted by Gasteiger charge is 2.22. The van der Waals surface area contributed by atoms with Crippen molar-refractivity contribution in [2.75, 3.05) is 0 Å². The van der Waals surface area contributed by atoms with Gasteiger partial charge in [0.25, 0.3) is 0 Å². The number of nitrogens with two attached hydrogens (primary N) is 1. The molecule has 1 aromatic heterocycles. The zero-order valence-corrected chi connectivity index (χ0v) is 10.6. The van der Waals surface area contributed by atoms with Gasteiger partial charge in [0, 0.05) is 12.4 Å². The van der Waals surface area contributed by atoms with E-state index in [0.29, 0.717) is 5.92 Å². The normalized spacial score (nSPS) is 15.1. The van der Waals surface area contributed by atoms with E-state index in [1.807, 2.05) is 23.9 Å². The van der Waals surface area contributed by atoms with Crippen molar-refractivity contribution in [1.82, 2.24) is 15.2 Å². The molecule has 0 bridgehead atoms. The van der Waals surface area contributed by atoms with Gasteiger partial charge < -0.3 is 0 Å². The molecular weight excluding hydrogens is 212 g/mol. The van der Waals surface area contributed by atoms with Gasteiger partial charge in [0.2, 0.25) is 0 Å². The molecule has 3 N–H and O–H groups in total. The molecule has 2 unspecified atom stereocenters. The van der Waals surface area contributed by atoms with Crippen LogP contribution in [0.25, 0.3) is 10.9 Å². The molecule has 4 nitrogen and oxygen atoms in total. The van der Waals surface area contributed by atoms with Crippen LogP contribution in [0, 0.1) is 5.92 Å². The Morgan fingerprint density at radius 2 is 2.12 bits per heavy atom. The molecule has 0 saturated heterocycles. The number of rotatable bonds is 4. The summed E-state index contributed by atoms with van der Waals surface area (Å²) in [4.78, 5) is 0. The average molecular weight is 232 g/mol. The quantitative estimate of drug-likeness (QED) is 0.627. The molecule has 92 valence electrons. The Morgan fingerprint density at radius 1 is 1.41 bits per heavy atom. The van der Waals surface area contributed by atoms with Crippen molar-refractivity contribution in [3.05, 3.63) is 30.0 Å². The van der Waals surface area contributed by atoms with E-state index in [1.54, 1.807) is 0 Å². The van der Waals surface area contributed by atoms with Gasteiger partial charge in [0.15, 0.2) is 0 Å². The minimum Gasteiger partial charge on any atom is -0.271 e. The number of benzene rings is 1. The van der Waals surface area contributed by atoms with Crippen LogP contribution in [0.5, 0.6) is 0 Å². The highest BCUT2D eigenvalue weighted by Crippen LogP contribution is 2.28. The second-order valence-corrected chi connectivity index (χ2v) is 4.56. The molecule has 0 spiro atoms. The van der Waals surface area contributed by atoms with E-state index in [2.05, 4.69) is 36.5 Å². The number of fused-ring (bicyclic) bond motifs is 1. The maximum absolute atomic E-state index is 5.68. The van der Waals surface area contributed by atoms with Crippen molar-refractivity contribution in [3.63, 3.8) is 0 Å². The highest BCUT2D eigenvalue weighted by molar-refractivity contribution is 5.82. The molecule has 0 aliphatic heterocycles. The monoisotopic (exact) mass is 232 g/mol. The van der Waals surface area contributed by atoms with E-state index in [1.165, 1.54) is 5.39 Å². The fraction of sp³-hybridized carbons (Fsp3) is 0.462. The first-order chi connectivity index (χ1) is 8.19. The van der Waals surface area contributed by atoms with Gasteiger partial charge in [0.05, 0.1) is 17.3 Å². The van der Waals surface area contributed by atoms with Gasteiger partial charge in [0.1, 0.15) is 0 Å². The molecule has 1 heterocycles. The molecule has 0 aliphatic carbocycles. The van der Waals surface area contributed by atoms with Gasteiger partial charge in [-0.05, 0) is 12.0 Å². The smallest absolute Gasteiger partial charge is 0.0888 e. The number of hydrogen-bond donors (Lipinski definition) is 2. The Kier molecular flexibility index (Phi) is 3.45. The number of aromatic nitrogens is 2. The molecule has 0 aliphatic rings. The summed E-state index contributed by atoms with van der Waals surface area (Å²) in [6.45, 7) is 4.36. The zero-order chi connectivity index (χ0) is 12.4. The van der Waals surface area contributed by atoms with E-state index in [-0.39, 0.29) is 6.04 Å². The summed E-state index contributed by atoms with van der Waals surface area (Å²) in [5, 5.41) is 5.78. The number of hydrazine groups is 1. The molecule has 4 heteroatoms. The number of nitrogens with one attached hydrogen (secondary N) is 1. The second-order valence-electron chi connectivity index (χ2n) is 4.56. The van der Waals surface area contributed by atoms with Crippen LogP contribution in [0.2, 0.25) is 0 Å². The molecular formula is C13H20N4. The maximum atomic E-state index is 5.68. The molecule has 0 fully saturated rings. The standard InChI is InChI=1S/C13H20N4/c1-4-9(2)12(15-14)13-10-7-5-6-8-11(10)17(3)16-13/h5-9,12,15H,4,14H2,1-3H3. The maximum Gasteiger partial charge on any atom is 0.0888 e. The first-order valence-electron chi connectivity index (χ1n) is 6.06. The third-order valence-electron chi connectivity index (χ3n) is 3.47. The molecule has 17 heavy (non-hydrogen) atoms. The minimum absolute atomic E-state index is 0.103. The molecule has 0 amide bonds. The van der Waals surface area contributed by atoms with E-state index < -0.39 is 0 Å². The van der Waals surface area contributed by atoms with E-state index >= 15 is 0 Å². The molecule has 0 radical (unpaired) electrons. The number of nitrogens with zero attached hydrogens (tertiary/aromatic N) is 2. The Bertz CT molecular complexity index is 503. The lowest BCUT2D eigenvalue weighted by Gasteiger charge is -2.20. The number of aryl methyl sites for hydroxylation is 1. The van der Waals surface area contributed by atoms with Gasteiger partial charge in [-0.25, -0.2) is 0 Å². The third kappa shape index (κ3) is 2.06. The third-order valence-corrected chi connectivity index (χ3v) is 3.47. The molecule has 2 atom stereocenters. The van der Waals surface area contributed by atoms with Crippen LogP contribution < -0.4 is 11.3 Å². The van der Waals surface area contributed by atoms with Crippen LogP contribution in [0.4, 0.5) is 0 Å². The van der Waals surface area contributed by atoms with Crippen LogP contribution in [0.3, 0.4) is 0 Å². The Labute approximate surface area is 102 Å². The Hall–Kier alpha value is -1.39. The summed E-state index contributed by atoms with van der Waals surface area (Å²) in [5.74, 6) is 6.14. The average Bonchev–Trinajstić information content (AvgIpc) is 2.68. The summed E-state index contributed by atoms with van der Waals surface area (Å²) in [6, 6.07) is 8.35. The van der Waals surface area contributed by atoms with Crippen LogP contribution in [0.1, 0.15) is 32.0 Å². The van der Waals surface area contributed by atoms with Gasteiger partial charge >= 0.3 is 0 Å². The summed E-state index contributed by atoms with van der Waals surface area (Å²) in [6.07, 6.45) is 1.07. The summed E-state index contributed by atoms with van der Waals surface area (Å²) < 4.78 is 1.91. The fourth-order valence-electron chi connectivity index (χ4n) is 2.22. The van der Waals surface area contributed by atoms with Crippen molar-refractivity contribution < 1.29 is 0 Å². The van der Waals surface area contributed by atoms with Crippen molar-refractivity contribution in [2.45, 2.75) is 26.3 Å². The fourth-order valence-corrected chi connectivity index (χ4v) is 2.22. The lowest BCUT2D eigenvalue weighted by molar-refractivity contribution is 0.375. The molecule has 1 aromatic carbocycles. The topological polar surface area (TPSA) is 55.9 Å². The first-order valence-corrected chi connectivity index (χ1v) is 6.06. The highest BCUT2D eigenvalue weighted by atomic mass is 15.3. The summed E-state index contributed by atoms with van der Waals surface area (Å²) in [5.41, 5.74) is 5.08. The molecule has 2 rings (SSSR count). The van der Waals surface area contributed by atoms with Crippen molar-refractivity contribution in [2.24, 2.45) is 18.8 Å². The minimum atomic E-state index is 0.103. The van der Waals surface area contributed by atoms with Gasteiger partial charge in [-0.1, -0.05) is 38.5 Å².